The van der Waals surface area contributed by atoms with E-state index in [0.29, 0.717) is 5.82 Å². The molecule has 1 heterocycles. The summed E-state index contributed by atoms with van der Waals surface area (Å²) < 4.78 is 18.8. The number of hydrogen-bond donors (Lipinski definition) is 1. The van der Waals surface area contributed by atoms with Gasteiger partial charge in [-0.3, -0.25) is 4.79 Å². The molecule has 0 radical (unpaired) electrons. The average Bonchev–Trinajstić information content (AvgIpc) is 3.02. The second kappa shape index (κ2) is 6.80. The maximum Gasteiger partial charge on any atom is 0.254 e. The lowest BCUT2D eigenvalue weighted by Crippen LogP contribution is -2.24. The van der Waals surface area contributed by atoms with Gasteiger partial charge in [-0.15, -0.1) is 0 Å². The molecular formula is C17H13ClFN3O2. The molecule has 0 bridgehead atoms. The lowest BCUT2D eigenvalue weighted by atomic mass is 10.1. The molecule has 0 atom stereocenters. The van der Waals surface area contributed by atoms with E-state index in [4.69, 9.17) is 16.1 Å². The molecule has 0 fully saturated rings. The Morgan fingerprint density at radius 2 is 2.08 bits per heavy atom. The van der Waals surface area contributed by atoms with Crippen molar-refractivity contribution in [2.75, 3.05) is 0 Å². The summed E-state index contributed by atoms with van der Waals surface area (Å²) in [4.78, 5) is 16.2. The number of amides is 1. The fraction of sp³-hybridized carbons (Fsp3) is 0.118. The first-order chi connectivity index (χ1) is 11.5. The predicted molar refractivity (Wildman–Crippen MR) is 87.1 cm³/mol. The molecule has 0 aliphatic rings. The first kappa shape index (κ1) is 16.1. The van der Waals surface area contributed by atoms with Crippen LogP contribution in [0.15, 0.2) is 47.0 Å². The van der Waals surface area contributed by atoms with Gasteiger partial charge in [0.1, 0.15) is 5.82 Å². The monoisotopic (exact) mass is 345 g/mol. The fourth-order valence-corrected chi connectivity index (χ4v) is 2.34. The van der Waals surface area contributed by atoms with Crippen LogP contribution in [0.1, 0.15) is 21.8 Å². The van der Waals surface area contributed by atoms with E-state index < -0.39 is 11.7 Å². The summed E-state index contributed by atoms with van der Waals surface area (Å²) in [7, 11) is 0. The van der Waals surface area contributed by atoms with Gasteiger partial charge >= 0.3 is 0 Å². The van der Waals surface area contributed by atoms with Crippen molar-refractivity contribution in [3.05, 3.63) is 70.3 Å². The van der Waals surface area contributed by atoms with E-state index in [-0.39, 0.29) is 23.0 Å². The van der Waals surface area contributed by atoms with Gasteiger partial charge in [0, 0.05) is 10.6 Å². The topological polar surface area (TPSA) is 68.0 Å². The van der Waals surface area contributed by atoms with Gasteiger partial charge in [0.05, 0.1) is 12.1 Å². The van der Waals surface area contributed by atoms with Gasteiger partial charge in [0.15, 0.2) is 0 Å². The van der Waals surface area contributed by atoms with Crippen molar-refractivity contribution in [2.45, 2.75) is 13.5 Å². The fourth-order valence-electron chi connectivity index (χ4n) is 2.18. The molecule has 1 amide bonds. The molecule has 5 nitrogen and oxygen atoms in total. The highest BCUT2D eigenvalue weighted by Gasteiger charge is 2.14. The van der Waals surface area contributed by atoms with Gasteiger partial charge in [0.25, 0.3) is 5.91 Å². The van der Waals surface area contributed by atoms with Crippen LogP contribution in [-0.4, -0.2) is 16.0 Å². The lowest BCUT2D eigenvalue weighted by molar-refractivity contribution is 0.0942. The van der Waals surface area contributed by atoms with Crippen molar-refractivity contribution in [2.24, 2.45) is 0 Å². The van der Waals surface area contributed by atoms with Crippen LogP contribution in [0.3, 0.4) is 0 Å². The quantitative estimate of drug-likeness (QED) is 0.781. The normalized spacial score (nSPS) is 10.6. The minimum atomic E-state index is -0.689. The molecule has 2 aromatic carbocycles. The molecule has 122 valence electrons. The molecule has 0 aliphatic heterocycles. The lowest BCUT2D eigenvalue weighted by Gasteiger charge is -2.04. The number of nitrogens with zero attached hydrogens (tertiary/aromatic N) is 2. The van der Waals surface area contributed by atoms with Crippen LogP contribution in [0.4, 0.5) is 4.39 Å². The zero-order chi connectivity index (χ0) is 17.1. The highest BCUT2D eigenvalue weighted by Crippen LogP contribution is 2.20. The van der Waals surface area contributed by atoms with Crippen molar-refractivity contribution in [3.8, 4) is 11.4 Å². The molecule has 3 aromatic rings. The van der Waals surface area contributed by atoms with E-state index in [9.17, 15) is 9.18 Å². The van der Waals surface area contributed by atoms with Gasteiger partial charge in [-0.2, -0.15) is 4.98 Å². The van der Waals surface area contributed by atoms with Crippen LogP contribution in [0, 0.1) is 12.7 Å². The first-order valence-electron chi connectivity index (χ1n) is 7.16. The molecule has 0 saturated heterocycles. The van der Waals surface area contributed by atoms with Gasteiger partial charge < -0.3 is 9.84 Å². The first-order valence-corrected chi connectivity index (χ1v) is 7.54. The minimum absolute atomic E-state index is 0.000217. The molecular weight excluding hydrogens is 333 g/mol. The third-order valence-corrected chi connectivity index (χ3v) is 3.67. The number of aromatic nitrogens is 2. The van der Waals surface area contributed by atoms with Crippen molar-refractivity contribution >= 4 is 17.5 Å². The standard InChI is InChI=1S/C17H13ClFN3O2/c1-10-4-2-3-5-12(10)16-21-15(24-22-16)9-20-17(23)13-7-6-11(18)8-14(13)19/h2-8H,9H2,1H3,(H,20,23). The molecule has 7 heteroatoms. The summed E-state index contributed by atoms with van der Waals surface area (Å²) in [5, 5.41) is 6.66. The van der Waals surface area contributed by atoms with Crippen molar-refractivity contribution in [1.82, 2.24) is 15.5 Å². The number of carbonyl (C=O) groups excluding carboxylic acids is 1. The van der Waals surface area contributed by atoms with Crippen LogP contribution in [0.2, 0.25) is 5.02 Å². The number of aryl methyl sites for hydroxylation is 1. The summed E-state index contributed by atoms with van der Waals surface area (Å²) in [5.74, 6) is -0.600. The Labute approximate surface area is 142 Å². The van der Waals surface area contributed by atoms with E-state index >= 15 is 0 Å². The zero-order valence-corrected chi connectivity index (χ0v) is 13.5. The molecule has 0 aliphatic carbocycles. The van der Waals surface area contributed by atoms with Gasteiger partial charge in [-0.25, -0.2) is 4.39 Å². The maximum atomic E-state index is 13.7. The third-order valence-electron chi connectivity index (χ3n) is 3.43. The number of hydrogen-bond acceptors (Lipinski definition) is 4. The SMILES string of the molecule is Cc1ccccc1-c1noc(CNC(=O)c2ccc(Cl)cc2F)n1. The number of carbonyl (C=O) groups is 1. The number of benzene rings is 2. The number of rotatable bonds is 4. The van der Waals surface area contributed by atoms with E-state index in [0.717, 1.165) is 17.2 Å². The van der Waals surface area contributed by atoms with Crippen LogP contribution < -0.4 is 5.32 Å². The highest BCUT2D eigenvalue weighted by molar-refractivity contribution is 6.30. The Morgan fingerprint density at radius 1 is 1.29 bits per heavy atom. The largest absolute Gasteiger partial charge is 0.343 e. The molecule has 0 saturated carbocycles. The Balaban J connectivity index is 1.69. The van der Waals surface area contributed by atoms with E-state index in [1.54, 1.807) is 0 Å². The summed E-state index contributed by atoms with van der Waals surface area (Å²) in [6.07, 6.45) is 0. The van der Waals surface area contributed by atoms with Crippen molar-refractivity contribution in [3.63, 3.8) is 0 Å². The van der Waals surface area contributed by atoms with Gasteiger partial charge in [-0.05, 0) is 30.7 Å². The maximum absolute atomic E-state index is 13.7. The average molecular weight is 346 g/mol. The molecule has 0 spiro atoms. The van der Waals surface area contributed by atoms with Crippen molar-refractivity contribution < 1.29 is 13.7 Å². The third kappa shape index (κ3) is 3.44. The molecule has 1 aromatic heterocycles. The Morgan fingerprint density at radius 3 is 2.83 bits per heavy atom. The van der Waals surface area contributed by atoms with E-state index in [2.05, 4.69) is 15.5 Å². The van der Waals surface area contributed by atoms with Gasteiger partial charge in [0.2, 0.25) is 11.7 Å². The van der Waals surface area contributed by atoms with E-state index in [1.165, 1.54) is 12.1 Å². The highest BCUT2D eigenvalue weighted by atomic mass is 35.5. The number of halogens is 2. The van der Waals surface area contributed by atoms with Crippen molar-refractivity contribution in [1.29, 1.82) is 0 Å². The smallest absolute Gasteiger partial charge is 0.254 e. The molecule has 3 rings (SSSR count). The predicted octanol–water partition coefficient (Wildman–Crippen LogP) is 3.77. The van der Waals surface area contributed by atoms with E-state index in [1.807, 2.05) is 31.2 Å². The van der Waals surface area contributed by atoms with Crippen LogP contribution >= 0.6 is 11.6 Å². The second-order valence-electron chi connectivity index (χ2n) is 5.13. The molecule has 24 heavy (non-hydrogen) atoms. The summed E-state index contributed by atoms with van der Waals surface area (Å²) in [6, 6.07) is 11.5. The number of nitrogens with one attached hydrogen (secondary N) is 1. The molecule has 0 unspecified atom stereocenters. The zero-order valence-electron chi connectivity index (χ0n) is 12.7. The Kier molecular flexibility index (Phi) is 4.57. The summed E-state index contributed by atoms with van der Waals surface area (Å²) in [6.45, 7) is 1.94. The van der Waals surface area contributed by atoms with Crippen LogP contribution in [0.5, 0.6) is 0 Å². The van der Waals surface area contributed by atoms with Crippen LogP contribution in [0.25, 0.3) is 11.4 Å². The summed E-state index contributed by atoms with van der Waals surface area (Å²) in [5.41, 5.74) is 1.76. The van der Waals surface area contributed by atoms with Gasteiger partial charge in [-0.1, -0.05) is 41.0 Å². The van der Waals surface area contributed by atoms with Crippen LogP contribution in [-0.2, 0) is 6.54 Å². The Bertz CT molecular complexity index is 895. The molecule has 1 N–H and O–H groups in total. The summed E-state index contributed by atoms with van der Waals surface area (Å²) >= 11 is 5.66. The minimum Gasteiger partial charge on any atom is -0.343 e. The second-order valence-corrected chi connectivity index (χ2v) is 5.57. The Hall–Kier alpha value is -2.73.